The van der Waals surface area contributed by atoms with Gasteiger partial charge in [0.15, 0.2) is 5.65 Å². The Bertz CT molecular complexity index is 605. The molecule has 18 heavy (non-hydrogen) atoms. The molecule has 2 atom stereocenters. The molecule has 0 saturated heterocycles. The van der Waals surface area contributed by atoms with Crippen LogP contribution in [0.3, 0.4) is 0 Å². The highest BCUT2D eigenvalue weighted by Gasteiger charge is 2.46. The number of hydrogen-bond acceptors (Lipinski definition) is 4. The first-order valence-corrected chi connectivity index (χ1v) is 6.19. The van der Waals surface area contributed by atoms with E-state index in [1.807, 2.05) is 32.2 Å². The molecule has 5 nitrogen and oxygen atoms in total. The first-order chi connectivity index (χ1) is 8.70. The second kappa shape index (κ2) is 4.08. The molecule has 3 rings (SSSR count). The Morgan fingerprint density at radius 2 is 2.44 bits per heavy atom. The quantitative estimate of drug-likeness (QED) is 0.772. The molecule has 2 aromatic rings. The number of rotatable bonds is 3. The van der Waals surface area contributed by atoms with Crippen LogP contribution in [0.25, 0.3) is 5.65 Å². The summed E-state index contributed by atoms with van der Waals surface area (Å²) in [5, 5.41) is 4.28. The van der Waals surface area contributed by atoms with Crippen LogP contribution in [0.4, 0.5) is 0 Å². The van der Waals surface area contributed by atoms with Crippen LogP contribution < -0.4 is 0 Å². The summed E-state index contributed by atoms with van der Waals surface area (Å²) in [4.78, 5) is 16.1. The van der Waals surface area contributed by atoms with Gasteiger partial charge < -0.3 is 4.74 Å². The Kier molecular flexibility index (Phi) is 2.54. The maximum absolute atomic E-state index is 11.7. The van der Waals surface area contributed by atoms with E-state index >= 15 is 0 Å². The molecular formula is C13H15N3O2. The Morgan fingerprint density at radius 3 is 3.22 bits per heavy atom. The lowest BCUT2D eigenvalue weighted by Gasteiger charge is -2.02. The summed E-state index contributed by atoms with van der Waals surface area (Å²) in [7, 11) is 0. The maximum atomic E-state index is 11.7. The number of fused-ring (bicyclic) bond motifs is 1. The number of aromatic nitrogens is 3. The van der Waals surface area contributed by atoms with Crippen molar-refractivity contribution in [1.29, 1.82) is 0 Å². The number of nitrogens with zero attached hydrogens (tertiary/aromatic N) is 3. The van der Waals surface area contributed by atoms with Crippen molar-refractivity contribution >= 4 is 11.6 Å². The predicted octanol–water partition coefficient (Wildman–Crippen LogP) is 1.70. The molecule has 0 amide bonds. The predicted molar refractivity (Wildman–Crippen MR) is 65.2 cm³/mol. The van der Waals surface area contributed by atoms with Gasteiger partial charge in [0.25, 0.3) is 0 Å². The first-order valence-electron chi connectivity index (χ1n) is 6.19. The van der Waals surface area contributed by atoms with Crippen LogP contribution >= 0.6 is 0 Å². The third-order valence-corrected chi connectivity index (χ3v) is 3.28. The monoisotopic (exact) mass is 245 g/mol. The van der Waals surface area contributed by atoms with Crippen molar-refractivity contribution in [2.75, 3.05) is 6.61 Å². The van der Waals surface area contributed by atoms with Crippen molar-refractivity contribution in [1.82, 2.24) is 14.6 Å². The van der Waals surface area contributed by atoms with Crippen LogP contribution in [0.2, 0.25) is 0 Å². The molecule has 0 aromatic carbocycles. The van der Waals surface area contributed by atoms with E-state index < -0.39 is 0 Å². The Morgan fingerprint density at radius 1 is 1.61 bits per heavy atom. The van der Waals surface area contributed by atoms with Crippen molar-refractivity contribution in [2.24, 2.45) is 5.92 Å². The van der Waals surface area contributed by atoms with E-state index in [0.29, 0.717) is 6.61 Å². The zero-order chi connectivity index (χ0) is 12.7. The lowest BCUT2D eigenvalue weighted by Crippen LogP contribution is -2.07. The first kappa shape index (κ1) is 11.2. The van der Waals surface area contributed by atoms with E-state index in [1.165, 1.54) is 0 Å². The van der Waals surface area contributed by atoms with Gasteiger partial charge in [-0.2, -0.15) is 5.10 Å². The number of carbonyl (C=O) groups excluding carboxylic acids is 1. The molecule has 94 valence electrons. The van der Waals surface area contributed by atoms with Gasteiger partial charge in [-0.15, -0.1) is 0 Å². The van der Waals surface area contributed by atoms with Crippen LogP contribution in [-0.4, -0.2) is 27.2 Å². The van der Waals surface area contributed by atoms with Gasteiger partial charge in [-0.25, -0.2) is 9.50 Å². The van der Waals surface area contributed by atoms with Crippen LogP contribution in [0.5, 0.6) is 0 Å². The summed E-state index contributed by atoms with van der Waals surface area (Å²) in [6.07, 6.45) is 2.73. The summed E-state index contributed by atoms with van der Waals surface area (Å²) in [6.45, 7) is 4.14. The fourth-order valence-corrected chi connectivity index (χ4v) is 2.37. The van der Waals surface area contributed by atoms with Crippen molar-refractivity contribution in [3.8, 4) is 0 Å². The third kappa shape index (κ3) is 1.75. The number of hydrogen-bond donors (Lipinski definition) is 0. The minimum atomic E-state index is -0.0965. The minimum Gasteiger partial charge on any atom is -0.466 e. The van der Waals surface area contributed by atoms with E-state index in [-0.39, 0.29) is 17.8 Å². The van der Waals surface area contributed by atoms with Gasteiger partial charge in [0.1, 0.15) is 5.82 Å². The fourth-order valence-electron chi connectivity index (χ4n) is 2.37. The molecule has 0 spiro atoms. The Hall–Kier alpha value is -1.91. The molecule has 1 fully saturated rings. The van der Waals surface area contributed by atoms with Crippen molar-refractivity contribution in [3.05, 3.63) is 29.7 Å². The second-order valence-corrected chi connectivity index (χ2v) is 4.59. The van der Waals surface area contributed by atoms with Gasteiger partial charge in [-0.1, -0.05) is 6.07 Å². The molecule has 1 aliphatic carbocycles. The Labute approximate surface area is 105 Å². The number of carbonyl (C=O) groups is 1. The van der Waals surface area contributed by atoms with Gasteiger partial charge in [0, 0.05) is 17.7 Å². The molecule has 5 heteroatoms. The second-order valence-electron chi connectivity index (χ2n) is 4.59. The highest BCUT2D eigenvalue weighted by atomic mass is 16.5. The molecule has 0 radical (unpaired) electrons. The van der Waals surface area contributed by atoms with Crippen LogP contribution in [0, 0.1) is 12.8 Å². The maximum Gasteiger partial charge on any atom is 0.309 e. The third-order valence-electron chi connectivity index (χ3n) is 3.28. The summed E-state index contributed by atoms with van der Waals surface area (Å²) in [6, 6.07) is 3.96. The van der Waals surface area contributed by atoms with Gasteiger partial charge in [-0.3, -0.25) is 4.79 Å². The van der Waals surface area contributed by atoms with E-state index in [4.69, 9.17) is 4.74 Å². The number of ether oxygens (including phenoxy) is 1. The molecule has 0 aliphatic heterocycles. The van der Waals surface area contributed by atoms with Crippen molar-refractivity contribution in [2.45, 2.75) is 26.2 Å². The van der Waals surface area contributed by atoms with Crippen molar-refractivity contribution < 1.29 is 9.53 Å². The van der Waals surface area contributed by atoms with E-state index in [1.54, 1.807) is 4.52 Å². The Balaban J connectivity index is 1.90. The largest absolute Gasteiger partial charge is 0.466 e. The van der Waals surface area contributed by atoms with Crippen LogP contribution in [0.15, 0.2) is 18.3 Å². The summed E-state index contributed by atoms with van der Waals surface area (Å²) < 4.78 is 6.82. The lowest BCUT2D eigenvalue weighted by molar-refractivity contribution is -0.144. The molecule has 2 unspecified atom stereocenters. The van der Waals surface area contributed by atoms with E-state index in [9.17, 15) is 4.79 Å². The number of aryl methyl sites for hydroxylation is 1. The van der Waals surface area contributed by atoms with Crippen LogP contribution in [0.1, 0.15) is 30.7 Å². The number of esters is 1. The molecule has 0 N–H and O–H groups in total. The van der Waals surface area contributed by atoms with Crippen molar-refractivity contribution in [3.63, 3.8) is 0 Å². The average molecular weight is 245 g/mol. The molecule has 2 heterocycles. The normalized spacial score (nSPS) is 22.1. The average Bonchev–Trinajstić information content (AvgIpc) is 3.03. The molecule has 0 bridgehead atoms. The summed E-state index contributed by atoms with van der Waals surface area (Å²) in [5.74, 6) is 0.876. The minimum absolute atomic E-state index is 0.00634. The van der Waals surface area contributed by atoms with Gasteiger partial charge >= 0.3 is 5.97 Å². The van der Waals surface area contributed by atoms with Crippen LogP contribution in [-0.2, 0) is 9.53 Å². The number of pyridine rings is 1. The highest BCUT2D eigenvalue weighted by Crippen LogP contribution is 2.49. The van der Waals surface area contributed by atoms with Gasteiger partial charge in [-0.05, 0) is 26.3 Å². The van der Waals surface area contributed by atoms with Gasteiger partial charge in [0.2, 0.25) is 0 Å². The van der Waals surface area contributed by atoms with Gasteiger partial charge in [0.05, 0.1) is 12.5 Å². The molecule has 1 saturated carbocycles. The smallest absolute Gasteiger partial charge is 0.309 e. The van der Waals surface area contributed by atoms with E-state index in [2.05, 4.69) is 10.1 Å². The lowest BCUT2D eigenvalue weighted by atomic mass is 10.1. The summed E-state index contributed by atoms with van der Waals surface area (Å²) >= 11 is 0. The molecule has 2 aromatic heterocycles. The highest BCUT2D eigenvalue weighted by molar-refractivity contribution is 5.78. The fraction of sp³-hybridized carbons (Fsp3) is 0.462. The zero-order valence-corrected chi connectivity index (χ0v) is 10.5. The topological polar surface area (TPSA) is 56.5 Å². The molecule has 1 aliphatic rings. The zero-order valence-electron chi connectivity index (χ0n) is 10.5. The SMILES string of the molecule is CCOC(=O)C1CC1c1cccn2nc(C)nc12. The molecular weight excluding hydrogens is 230 g/mol. The standard InChI is InChI=1S/C13H15N3O2/c1-3-18-13(17)11-7-10(11)9-5-4-6-16-12(9)14-8(2)15-16/h4-6,10-11H,3,7H2,1-2H3. The summed E-state index contributed by atoms with van der Waals surface area (Å²) in [5.41, 5.74) is 1.95. The van der Waals surface area contributed by atoms with E-state index in [0.717, 1.165) is 23.5 Å².